The van der Waals surface area contributed by atoms with Crippen molar-refractivity contribution in [1.82, 2.24) is 24.5 Å². The van der Waals surface area contributed by atoms with Crippen LogP contribution in [0, 0.1) is 6.92 Å². The lowest BCUT2D eigenvalue weighted by Crippen LogP contribution is -2.39. The quantitative estimate of drug-likeness (QED) is 0.604. The second kappa shape index (κ2) is 8.97. The van der Waals surface area contributed by atoms with E-state index in [4.69, 9.17) is 9.72 Å². The molecule has 162 valence electrons. The van der Waals surface area contributed by atoms with Crippen molar-refractivity contribution in [1.29, 1.82) is 0 Å². The summed E-state index contributed by atoms with van der Waals surface area (Å²) in [6.45, 7) is 3.16. The molecular weight excluding hydrogens is 412 g/mol. The maximum atomic E-state index is 13.1. The highest BCUT2D eigenvalue weighted by atomic mass is 32.1. The number of carbonyl (C=O) groups is 1. The van der Waals surface area contributed by atoms with Gasteiger partial charge >= 0.3 is 0 Å². The molecule has 0 bridgehead atoms. The fourth-order valence-electron chi connectivity index (χ4n) is 3.88. The molecule has 1 aliphatic heterocycles. The summed E-state index contributed by atoms with van der Waals surface area (Å²) in [5.41, 5.74) is 3.62. The van der Waals surface area contributed by atoms with Crippen LogP contribution < -0.4 is 9.64 Å². The second-order valence-corrected chi connectivity index (χ2v) is 8.63. The first-order chi connectivity index (χ1) is 15.0. The molecular formula is C22H26N6O2S. The van der Waals surface area contributed by atoms with E-state index in [1.54, 1.807) is 7.11 Å². The SMILES string of the molecule is COc1cccc(-c2cnc(N(C)C)nc2C2CCCN(C(=O)c3snnc3C)C2)c1. The van der Waals surface area contributed by atoms with Crippen LogP contribution in [-0.4, -0.2) is 64.7 Å². The minimum absolute atomic E-state index is 0.00187. The van der Waals surface area contributed by atoms with Gasteiger partial charge < -0.3 is 14.5 Å². The Kier molecular flexibility index (Phi) is 6.13. The molecule has 1 fully saturated rings. The van der Waals surface area contributed by atoms with Crippen molar-refractivity contribution in [3.63, 3.8) is 0 Å². The number of anilines is 1. The van der Waals surface area contributed by atoms with Gasteiger partial charge in [0.15, 0.2) is 0 Å². The number of ether oxygens (including phenoxy) is 1. The molecule has 1 atom stereocenters. The molecule has 31 heavy (non-hydrogen) atoms. The summed E-state index contributed by atoms with van der Waals surface area (Å²) in [7, 11) is 5.52. The van der Waals surface area contributed by atoms with Crippen molar-refractivity contribution in [2.75, 3.05) is 39.2 Å². The summed E-state index contributed by atoms with van der Waals surface area (Å²) < 4.78 is 9.33. The number of aryl methyl sites for hydroxylation is 1. The number of methoxy groups -OCH3 is 1. The van der Waals surface area contributed by atoms with E-state index >= 15 is 0 Å². The number of aromatic nitrogens is 4. The normalized spacial score (nSPS) is 16.3. The van der Waals surface area contributed by atoms with Crippen LogP contribution in [0.25, 0.3) is 11.1 Å². The molecule has 1 aromatic carbocycles. The molecule has 8 nitrogen and oxygen atoms in total. The maximum absolute atomic E-state index is 13.1. The van der Waals surface area contributed by atoms with E-state index in [0.717, 1.165) is 53.5 Å². The lowest BCUT2D eigenvalue weighted by molar-refractivity contribution is 0.0710. The molecule has 9 heteroatoms. The zero-order chi connectivity index (χ0) is 22.0. The lowest BCUT2D eigenvalue weighted by Gasteiger charge is -2.33. The number of nitrogens with zero attached hydrogens (tertiary/aromatic N) is 6. The molecule has 2 aromatic heterocycles. The molecule has 0 saturated carbocycles. The highest BCUT2D eigenvalue weighted by Crippen LogP contribution is 2.35. The molecule has 1 aliphatic rings. The Labute approximate surface area is 186 Å². The van der Waals surface area contributed by atoms with Gasteiger partial charge in [-0.05, 0) is 49.0 Å². The van der Waals surface area contributed by atoms with Gasteiger partial charge in [-0.25, -0.2) is 9.97 Å². The smallest absolute Gasteiger partial charge is 0.267 e. The van der Waals surface area contributed by atoms with E-state index in [9.17, 15) is 4.79 Å². The minimum atomic E-state index is 0.00187. The van der Waals surface area contributed by atoms with Gasteiger partial charge in [0.2, 0.25) is 5.95 Å². The average Bonchev–Trinajstić information content (AvgIpc) is 3.24. The van der Waals surface area contributed by atoms with Crippen molar-refractivity contribution in [3.05, 3.63) is 46.7 Å². The Morgan fingerprint density at radius 2 is 2.16 bits per heavy atom. The highest BCUT2D eigenvalue weighted by Gasteiger charge is 2.30. The van der Waals surface area contributed by atoms with Crippen molar-refractivity contribution in [2.24, 2.45) is 0 Å². The molecule has 0 N–H and O–H groups in total. The van der Waals surface area contributed by atoms with Crippen LogP contribution in [-0.2, 0) is 0 Å². The summed E-state index contributed by atoms with van der Waals surface area (Å²) in [6, 6.07) is 7.92. The summed E-state index contributed by atoms with van der Waals surface area (Å²) in [4.78, 5) is 27.0. The van der Waals surface area contributed by atoms with E-state index in [1.807, 2.05) is 61.3 Å². The van der Waals surface area contributed by atoms with Gasteiger partial charge in [-0.2, -0.15) is 0 Å². The summed E-state index contributed by atoms with van der Waals surface area (Å²) in [6.07, 6.45) is 3.76. The number of carbonyl (C=O) groups excluding carboxylic acids is 1. The first-order valence-electron chi connectivity index (χ1n) is 10.2. The van der Waals surface area contributed by atoms with Crippen molar-refractivity contribution in [2.45, 2.75) is 25.7 Å². The topological polar surface area (TPSA) is 84.3 Å². The van der Waals surface area contributed by atoms with Gasteiger partial charge in [0.05, 0.1) is 18.5 Å². The third-order valence-corrected chi connectivity index (χ3v) is 6.34. The van der Waals surface area contributed by atoms with E-state index in [1.165, 1.54) is 0 Å². The summed E-state index contributed by atoms with van der Waals surface area (Å²) in [5, 5.41) is 3.99. The molecule has 0 radical (unpaired) electrons. The van der Waals surface area contributed by atoms with E-state index in [2.05, 4.69) is 14.6 Å². The van der Waals surface area contributed by atoms with Gasteiger partial charge in [0.25, 0.3) is 5.91 Å². The van der Waals surface area contributed by atoms with Crippen LogP contribution in [0.15, 0.2) is 30.5 Å². The zero-order valence-corrected chi connectivity index (χ0v) is 19.0. The monoisotopic (exact) mass is 438 g/mol. The minimum Gasteiger partial charge on any atom is -0.497 e. The number of benzene rings is 1. The highest BCUT2D eigenvalue weighted by molar-refractivity contribution is 7.07. The Hall–Kier alpha value is -3.07. The largest absolute Gasteiger partial charge is 0.497 e. The van der Waals surface area contributed by atoms with Crippen LogP contribution in [0.5, 0.6) is 5.75 Å². The van der Waals surface area contributed by atoms with Crippen LogP contribution in [0.4, 0.5) is 5.95 Å². The van der Waals surface area contributed by atoms with Crippen LogP contribution in [0.3, 0.4) is 0 Å². The summed E-state index contributed by atoms with van der Waals surface area (Å²) >= 11 is 1.16. The van der Waals surface area contributed by atoms with Gasteiger partial charge in [0.1, 0.15) is 10.6 Å². The number of hydrogen-bond acceptors (Lipinski definition) is 8. The van der Waals surface area contributed by atoms with E-state index in [-0.39, 0.29) is 11.8 Å². The first-order valence-corrected chi connectivity index (χ1v) is 11.0. The molecule has 3 heterocycles. The number of likely N-dealkylation sites (tertiary alicyclic amines) is 1. The predicted octanol–water partition coefficient (Wildman–Crippen LogP) is 3.40. The molecule has 4 rings (SSSR count). The number of rotatable bonds is 5. The van der Waals surface area contributed by atoms with Gasteiger partial charge in [-0.1, -0.05) is 16.6 Å². The first kappa shape index (κ1) is 21.2. The maximum Gasteiger partial charge on any atom is 0.267 e. The fraction of sp³-hybridized carbons (Fsp3) is 0.409. The molecule has 0 spiro atoms. The third-order valence-electron chi connectivity index (χ3n) is 5.53. The van der Waals surface area contributed by atoms with Crippen molar-refractivity contribution in [3.8, 4) is 16.9 Å². The van der Waals surface area contributed by atoms with Gasteiger partial charge in [-0.3, -0.25) is 4.79 Å². The molecule has 1 saturated heterocycles. The molecule has 3 aromatic rings. The van der Waals surface area contributed by atoms with E-state index in [0.29, 0.717) is 23.1 Å². The number of amides is 1. The molecule has 1 amide bonds. The lowest BCUT2D eigenvalue weighted by atomic mass is 9.89. The van der Waals surface area contributed by atoms with Crippen LogP contribution in [0.1, 0.15) is 39.8 Å². The Morgan fingerprint density at radius 3 is 2.87 bits per heavy atom. The van der Waals surface area contributed by atoms with Gasteiger partial charge in [-0.15, -0.1) is 5.10 Å². The zero-order valence-electron chi connectivity index (χ0n) is 18.2. The van der Waals surface area contributed by atoms with Crippen LogP contribution >= 0.6 is 11.5 Å². The third kappa shape index (κ3) is 4.36. The summed E-state index contributed by atoms with van der Waals surface area (Å²) in [5.74, 6) is 1.56. The van der Waals surface area contributed by atoms with E-state index < -0.39 is 0 Å². The molecule has 1 unspecified atom stereocenters. The molecule has 0 aliphatic carbocycles. The van der Waals surface area contributed by atoms with Crippen molar-refractivity contribution >= 4 is 23.4 Å². The Balaban J connectivity index is 1.70. The second-order valence-electron chi connectivity index (χ2n) is 7.87. The van der Waals surface area contributed by atoms with Gasteiger partial charge in [0, 0.05) is 44.9 Å². The average molecular weight is 439 g/mol. The predicted molar refractivity (Wildman–Crippen MR) is 121 cm³/mol. The number of piperidine rings is 1. The van der Waals surface area contributed by atoms with Crippen molar-refractivity contribution < 1.29 is 9.53 Å². The Bertz CT molecular complexity index is 1080. The van der Waals surface area contributed by atoms with Crippen LogP contribution in [0.2, 0.25) is 0 Å². The number of hydrogen-bond donors (Lipinski definition) is 0. The standard InChI is InChI=1S/C22H26N6O2S/c1-14-20(31-26-25-14)21(29)28-10-6-8-16(13-28)19-18(12-23-22(24-19)27(2)3)15-7-5-9-17(11-15)30-4/h5,7,9,11-12,16H,6,8,10,13H2,1-4H3. The fourth-order valence-corrected chi connectivity index (χ4v) is 4.51. The Morgan fingerprint density at radius 1 is 1.32 bits per heavy atom.